The Morgan fingerprint density at radius 3 is 3.00 bits per heavy atom. The van der Waals surface area contributed by atoms with Gasteiger partial charge in [0.2, 0.25) is 0 Å². The second-order valence-corrected chi connectivity index (χ2v) is 5.86. The highest BCUT2D eigenvalue weighted by molar-refractivity contribution is 7.71. The van der Waals surface area contributed by atoms with Crippen LogP contribution >= 0.6 is 12.2 Å². The summed E-state index contributed by atoms with van der Waals surface area (Å²) in [5, 5.41) is 7.33. The lowest BCUT2D eigenvalue weighted by Crippen LogP contribution is -2.38. The molecule has 2 unspecified atom stereocenters. The molecule has 5 nitrogen and oxygen atoms in total. The average Bonchev–Trinajstić information content (AvgIpc) is 2.85. The van der Waals surface area contributed by atoms with E-state index in [-0.39, 0.29) is 0 Å². The van der Waals surface area contributed by atoms with Crippen LogP contribution in [0.4, 0.5) is 0 Å². The smallest absolute Gasteiger partial charge is 0.195 e. The van der Waals surface area contributed by atoms with Crippen molar-refractivity contribution in [3.8, 4) is 11.4 Å². The molecule has 3 heterocycles. The number of nitrogens with one attached hydrogen (secondary N) is 1. The van der Waals surface area contributed by atoms with Crippen LogP contribution in [-0.2, 0) is 0 Å². The van der Waals surface area contributed by atoms with Gasteiger partial charge in [-0.25, -0.2) is 0 Å². The van der Waals surface area contributed by atoms with Crippen LogP contribution in [0.5, 0.6) is 0 Å². The maximum atomic E-state index is 5.43. The number of rotatable bonds is 2. The van der Waals surface area contributed by atoms with E-state index in [9.17, 15) is 0 Å². The quantitative estimate of drug-likeness (QED) is 0.864. The summed E-state index contributed by atoms with van der Waals surface area (Å²) in [5.41, 5.74) is 1.01. The van der Waals surface area contributed by atoms with Gasteiger partial charge in [-0.3, -0.25) is 14.6 Å². The second-order valence-electron chi connectivity index (χ2n) is 5.47. The lowest BCUT2D eigenvalue weighted by molar-refractivity contribution is 0.157. The standard InChI is InChI=1S/C14H19N5S/c1-10-8-12(5-7-18(10)2)19-13(16-17-14(19)20)11-4-3-6-15-9-11/h3-4,6,9-10,12H,5,7-8H2,1-2H3,(H,17,20). The van der Waals surface area contributed by atoms with Crippen LogP contribution in [0.25, 0.3) is 11.4 Å². The van der Waals surface area contributed by atoms with Gasteiger partial charge in [0.1, 0.15) is 0 Å². The number of hydrogen-bond acceptors (Lipinski definition) is 4. The van der Waals surface area contributed by atoms with Gasteiger partial charge in [-0.2, -0.15) is 5.10 Å². The van der Waals surface area contributed by atoms with Gasteiger partial charge in [-0.15, -0.1) is 0 Å². The Balaban J connectivity index is 1.98. The first-order chi connectivity index (χ1) is 9.66. The van der Waals surface area contributed by atoms with E-state index in [0.29, 0.717) is 16.9 Å². The molecule has 2 atom stereocenters. The highest BCUT2D eigenvalue weighted by atomic mass is 32.1. The van der Waals surface area contributed by atoms with Gasteiger partial charge in [0.25, 0.3) is 0 Å². The van der Waals surface area contributed by atoms with Gasteiger partial charge < -0.3 is 4.90 Å². The topological polar surface area (TPSA) is 49.7 Å². The van der Waals surface area contributed by atoms with Crippen molar-refractivity contribution in [3.05, 3.63) is 29.3 Å². The largest absolute Gasteiger partial charge is 0.304 e. The fourth-order valence-electron chi connectivity index (χ4n) is 2.84. The SMILES string of the molecule is CC1CC(n2c(-c3cccnc3)n[nH]c2=S)CCN1C. The summed E-state index contributed by atoms with van der Waals surface area (Å²) in [6, 6.07) is 4.91. The number of aromatic amines is 1. The van der Waals surface area contributed by atoms with Crippen LogP contribution < -0.4 is 0 Å². The van der Waals surface area contributed by atoms with Crippen molar-refractivity contribution in [2.75, 3.05) is 13.6 Å². The molecule has 106 valence electrons. The Bertz CT molecular complexity index is 633. The van der Waals surface area contributed by atoms with E-state index in [1.165, 1.54) is 0 Å². The molecule has 2 aromatic rings. The first-order valence-corrected chi connectivity index (χ1v) is 7.35. The van der Waals surface area contributed by atoms with Crippen molar-refractivity contribution >= 4 is 12.2 Å². The third-order valence-electron chi connectivity index (χ3n) is 4.17. The van der Waals surface area contributed by atoms with Gasteiger partial charge in [0.05, 0.1) is 0 Å². The molecule has 0 amide bonds. The minimum atomic E-state index is 0.405. The molecule has 0 radical (unpaired) electrons. The Kier molecular flexibility index (Phi) is 3.67. The van der Waals surface area contributed by atoms with Gasteiger partial charge in [-0.05, 0) is 51.2 Å². The number of piperidine rings is 1. The molecule has 0 aromatic carbocycles. The molecule has 1 fully saturated rings. The van der Waals surface area contributed by atoms with Crippen molar-refractivity contribution in [3.63, 3.8) is 0 Å². The number of pyridine rings is 1. The van der Waals surface area contributed by atoms with Crippen molar-refractivity contribution in [1.29, 1.82) is 0 Å². The lowest BCUT2D eigenvalue weighted by Gasteiger charge is -2.35. The maximum absolute atomic E-state index is 5.43. The van der Waals surface area contributed by atoms with Gasteiger partial charge in [0.15, 0.2) is 10.6 Å². The lowest BCUT2D eigenvalue weighted by atomic mass is 9.98. The van der Waals surface area contributed by atoms with Crippen molar-refractivity contribution in [1.82, 2.24) is 24.6 Å². The molecular weight excluding hydrogens is 270 g/mol. The highest BCUT2D eigenvalue weighted by Gasteiger charge is 2.26. The Labute approximate surface area is 123 Å². The van der Waals surface area contributed by atoms with E-state index in [0.717, 1.165) is 30.8 Å². The van der Waals surface area contributed by atoms with Gasteiger partial charge in [0, 0.05) is 36.6 Å². The van der Waals surface area contributed by atoms with Gasteiger partial charge >= 0.3 is 0 Å². The minimum Gasteiger partial charge on any atom is -0.304 e. The number of likely N-dealkylation sites (tertiary alicyclic amines) is 1. The summed E-state index contributed by atoms with van der Waals surface area (Å²) >= 11 is 5.43. The zero-order chi connectivity index (χ0) is 14.1. The predicted molar refractivity (Wildman–Crippen MR) is 81.0 cm³/mol. The summed E-state index contributed by atoms with van der Waals surface area (Å²) < 4.78 is 2.86. The van der Waals surface area contributed by atoms with E-state index in [2.05, 4.69) is 38.6 Å². The first-order valence-electron chi connectivity index (χ1n) is 6.94. The minimum absolute atomic E-state index is 0.405. The monoisotopic (exact) mass is 289 g/mol. The number of hydrogen-bond donors (Lipinski definition) is 1. The number of H-pyrrole nitrogens is 1. The predicted octanol–water partition coefficient (Wildman–Crippen LogP) is 2.66. The van der Waals surface area contributed by atoms with Crippen LogP contribution in [0.15, 0.2) is 24.5 Å². The summed E-state index contributed by atoms with van der Waals surface area (Å²) in [6.07, 6.45) is 5.80. The molecular formula is C14H19N5S. The molecule has 0 spiro atoms. The fraction of sp³-hybridized carbons (Fsp3) is 0.500. The van der Waals surface area contributed by atoms with E-state index < -0.39 is 0 Å². The number of nitrogens with zero attached hydrogens (tertiary/aromatic N) is 4. The molecule has 2 aromatic heterocycles. The fourth-order valence-corrected chi connectivity index (χ4v) is 3.12. The molecule has 3 rings (SSSR count). The van der Waals surface area contributed by atoms with Crippen molar-refractivity contribution in [2.45, 2.75) is 31.8 Å². The molecule has 0 bridgehead atoms. The summed E-state index contributed by atoms with van der Waals surface area (Å²) in [5.74, 6) is 0.893. The van der Waals surface area contributed by atoms with Crippen LogP contribution in [-0.4, -0.2) is 44.3 Å². The normalized spacial score (nSPS) is 23.9. The van der Waals surface area contributed by atoms with Crippen LogP contribution in [0.3, 0.4) is 0 Å². The van der Waals surface area contributed by atoms with Crippen LogP contribution in [0.2, 0.25) is 0 Å². The zero-order valence-corrected chi connectivity index (χ0v) is 12.6. The summed E-state index contributed by atoms with van der Waals surface area (Å²) in [7, 11) is 2.18. The Morgan fingerprint density at radius 1 is 1.45 bits per heavy atom. The van der Waals surface area contributed by atoms with Crippen LogP contribution in [0.1, 0.15) is 25.8 Å². The molecule has 1 aliphatic heterocycles. The van der Waals surface area contributed by atoms with Crippen molar-refractivity contribution in [2.24, 2.45) is 0 Å². The Morgan fingerprint density at radius 2 is 2.30 bits per heavy atom. The van der Waals surface area contributed by atoms with E-state index >= 15 is 0 Å². The van der Waals surface area contributed by atoms with E-state index in [4.69, 9.17) is 12.2 Å². The molecule has 20 heavy (non-hydrogen) atoms. The van der Waals surface area contributed by atoms with Gasteiger partial charge in [-0.1, -0.05) is 0 Å². The van der Waals surface area contributed by atoms with E-state index in [1.807, 2.05) is 18.3 Å². The van der Waals surface area contributed by atoms with E-state index in [1.54, 1.807) is 6.20 Å². The third kappa shape index (κ3) is 2.41. The highest BCUT2D eigenvalue weighted by Crippen LogP contribution is 2.30. The molecule has 1 N–H and O–H groups in total. The van der Waals surface area contributed by atoms with Crippen molar-refractivity contribution < 1.29 is 0 Å². The molecule has 1 saturated heterocycles. The zero-order valence-electron chi connectivity index (χ0n) is 11.8. The Hall–Kier alpha value is -1.53. The summed E-state index contributed by atoms with van der Waals surface area (Å²) in [6.45, 7) is 3.35. The second kappa shape index (κ2) is 5.46. The third-order valence-corrected chi connectivity index (χ3v) is 4.46. The maximum Gasteiger partial charge on any atom is 0.195 e. The van der Waals surface area contributed by atoms with Crippen LogP contribution in [0, 0.1) is 4.77 Å². The molecule has 0 saturated carbocycles. The molecule has 1 aliphatic rings. The first kappa shape index (κ1) is 13.5. The number of aromatic nitrogens is 4. The molecule has 0 aliphatic carbocycles. The average molecular weight is 289 g/mol. The summed E-state index contributed by atoms with van der Waals surface area (Å²) in [4.78, 5) is 6.57. The molecule has 6 heteroatoms.